The van der Waals surface area contributed by atoms with Gasteiger partial charge in [0, 0.05) is 24.9 Å². The SMILES string of the molecule is CCC(CC)N(C)C1CCC2(CC1)OCCO2. The van der Waals surface area contributed by atoms with Crippen LogP contribution >= 0.6 is 0 Å². The second-order valence-corrected chi connectivity index (χ2v) is 5.47. The summed E-state index contributed by atoms with van der Waals surface area (Å²) in [6.45, 7) is 6.15. The third-order valence-corrected chi connectivity index (χ3v) is 4.62. The zero-order chi connectivity index (χ0) is 12.3. The lowest BCUT2D eigenvalue weighted by molar-refractivity contribution is -0.184. The lowest BCUT2D eigenvalue weighted by Crippen LogP contribution is -2.46. The monoisotopic (exact) mass is 241 g/mol. The smallest absolute Gasteiger partial charge is 0.168 e. The van der Waals surface area contributed by atoms with Crippen LogP contribution in [-0.4, -0.2) is 43.0 Å². The van der Waals surface area contributed by atoms with E-state index >= 15 is 0 Å². The van der Waals surface area contributed by atoms with Gasteiger partial charge in [-0.2, -0.15) is 0 Å². The van der Waals surface area contributed by atoms with Crippen LogP contribution in [-0.2, 0) is 9.47 Å². The van der Waals surface area contributed by atoms with Crippen LogP contribution in [0.1, 0.15) is 52.4 Å². The molecular weight excluding hydrogens is 214 g/mol. The predicted octanol–water partition coefficient (Wildman–Crippen LogP) is 2.79. The Hall–Kier alpha value is -0.120. The minimum absolute atomic E-state index is 0.203. The zero-order valence-electron chi connectivity index (χ0n) is 11.6. The molecule has 0 bridgehead atoms. The molecule has 0 amide bonds. The summed E-state index contributed by atoms with van der Waals surface area (Å²) in [5.74, 6) is -0.203. The second kappa shape index (κ2) is 5.68. The van der Waals surface area contributed by atoms with Crippen molar-refractivity contribution in [1.29, 1.82) is 0 Å². The molecule has 0 aromatic rings. The summed E-state index contributed by atoms with van der Waals surface area (Å²) in [4.78, 5) is 2.59. The Kier molecular flexibility index (Phi) is 4.45. The van der Waals surface area contributed by atoms with Crippen LogP contribution in [0.4, 0.5) is 0 Å². The van der Waals surface area contributed by atoms with Gasteiger partial charge in [-0.15, -0.1) is 0 Å². The summed E-state index contributed by atoms with van der Waals surface area (Å²) < 4.78 is 11.6. The van der Waals surface area contributed by atoms with Gasteiger partial charge in [0.1, 0.15) is 0 Å². The summed E-state index contributed by atoms with van der Waals surface area (Å²) in [6, 6.07) is 1.46. The molecule has 1 spiro atoms. The van der Waals surface area contributed by atoms with E-state index in [-0.39, 0.29) is 5.79 Å². The van der Waals surface area contributed by atoms with Gasteiger partial charge in [0.15, 0.2) is 5.79 Å². The molecule has 2 fully saturated rings. The summed E-state index contributed by atoms with van der Waals surface area (Å²) in [5.41, 5.74) is 0. The van der Waals surface area contributed by atoms with Gasteiger partial charge in [-0.1, -0.05) is 13.8 Å². The van der Waals surface area contributed by atoms with Crippen LogP contribution in [0.5, 0.6) is 0 Å². The van der Waals surface area contributed by atoms with Crippen molar-refractivity contribution in [2.24, 2.45) is 0 Å². The average Bonchev–Trinajstić information content (AvgIpc) is 2.80. The van der Waals surface area contributed by atoms with E-state index < -0.39 is 0 Å². The minimum Gasteiger partial charge on any atom is -0.348 e. The van der Waals surface area contributed by atoms with E-state index in [9.17, 15) is 0 Å². The molecule has 1 saturated heterocycles. The highest BCUT2D eigenvalue weighted by atomic mass is 16.7. The van der Waals surface area contributed by atoms with Crippen LogP contribution in [0.3, 0.4) is 0 Å². The quantitative estimate of drug-likeness (QED) is 0.755. The third kappa shape index (κ3) is 2.83. The highest BCUT2D eigenvalue weighted by Crippen LogP contribution is 2.37. The van der Waals surface area contributed by atoms with Gasteiger partial charge < -0.3 is 14.4 Å². The van der Waals surface area contributed by atoms with Crippen molar-refractivity contribution < 1.29 is 9.47 Å². The molecule has 17 heavy (non-hydrogen) atoms. The van der Waals surface area contributed by atoms with E-state index in [0.717, 1.165) is 38.1 Å². The molecule has 1 aliphatic heterocycles. The first-order chi connectivity index (χ1) is 8.21. The lowest BCUT2D eigenvalue weighted by Gasteiger charge is -2.41. The van der Waals surface area contributed by atoms with Crippen molar-refractivity contribution in [2.75, 3.05) is 20.3 Å². The lowest BCUT2D eigenvalue weighted by atomic mass is 9.88. The molecular formula is C14H27NO2. The first-order valence-electron chi connectivity index (χ1n) is 7.20. The Morgan fingerprint density at radius 3 is 2.12 bits per heavy atom. The topological polar surface area (TPSA) is 21.7 Å². The Balaban J connectivity index is 1.85. The van der Waals surface area contributed by atoms with Crippen molar-refractivity contribution in [3.8, 4) is 0 Å². The standard InChI is InChI=1S/C14H27NO2/c1-4-12(5-2)15(3)13-6-8-14(9-7-13)16-10-11-17-14/h12-13H,4-11H2,1-3H3. The van der Waals surface area contributed by atoms with Crippen molar-refractivity contribution in [3.05, 3.63) is 0 Å². The predicted molar refractivity (Wildman–Crippen MR) is 69.0 cm³/mol. The van der Waals surface area contributed by atoms with Crippen molar-refractivity contribution in [2.45, 2.75) is 70.2 Å². The van der Waals surface area contributed by atoms with Gasteiger partial charge in [-0.25, -0.2) is 0 Å². The Morgan fingerprint density at radius 1 is 1.12 bits per heavy atom. The molecule has 0 atom stereocenters. The first kappa shape index (κ1) is 13.3. The van der Waals surface area contributed by atoms with Gasteiger partial charge >= 0.3 is 0 Å². The maximum atomic E-state index is 5.78. The van der Waals surface area contributed by atoms with Gasteiger partial charge in [0.05, 0.1) is 13.2 Å². The highest BCUT2D eigenvalue weighted by Gasteiger charge is 2.41. The minimum atomic E-state index is -0.203. The Morgan fingerprint density at radius 2 is 1.65 bits per heavy atom. The molecule has 3 nitrogen and oxygen atoms in total. The molecule has 0 unspecified atom stereocenters. The summed E-state index contributed by atoms with van der Waals surface area (Å²) in [5, 5.41) is 0. The molecule has 2 rings (SSSR count). The summed E-state index contributed by atoms with van der Waals surface area (Å²) in [7, 11) is 2.29. The molecule has 1 heterocycles. The van der Waals surface area contributed by atoms with Crippen molar-refractivity contribution in [1.82, 2.24) is 4.90 Å². The van der Waals surface area contributed by atoms with Crippen LogP contribution in [0.25, 0.3) is 0 Å². The molecule has 0 radical (unpaired) electrons. The largest absolute Gasteiger partial charge is 0.348 e. The van der Waals surface area contributed by atoms with Crippen LogP contribution < -0.4 is 0 Å². The van der Waals surface area contributed by atoms with E-state index in [1.807, 2.05) is 0 Å². The zero-order valence-corrected chi connectivity index (χ0v) is 11.6. The number of hydrogen-bond acceptors (Lipinski definition) is 3. The fourth-order valence-electron chi connectivity index (χ4n) is 3.40. The maximum Gasteiger partial charge on any atom is 0.168 e. The number of hydrogen-bond donors (Lipinski definition) is 0. The molecule has 2 aliphatic rings. The second-order valence-electron chi connectivity index (χ2n) is 5.47. The number of ether oxygens (including phenoxy) is 2. The Bertz CT molecular complexity index is 224. The molecule has 0 aromatic carbocycles. The van der Waals surface area contributed by atoms with Gasteiger partial charge in [0.2, 0.25) is 0 Å². The van der Waals surface area contributed by atoms with Gasteiger partial charge in [-0.05, 0) is 32.7 Å². The maximum absolute atomic E-state index is 5.78. The Labute approximate surface area is 105 Å². The normalized spacial score (nSPS) is 25.2. The van der Waals surface area contributed by atoms with Crippen molar-refractivity contribution in [3.63, 3.8) is 0 Å². The number of rotatable bonds is 4. The molecule has 0 aromatic heterocycles. The van der Waals surface area contributed by atoms with Crippen LogP contribution in [0, 0.1) is 0 Å². The van der Waals surface area contributed by atoms with E-state index in [4.69, 9.17) is 9.47 Å². The highest BCUT2D eigenvalue weighted by molar-refractivity contribution is 4.87. The third-order valence-electron chi connectivity index (χ3n) is 4.62. The summed E-state index contributed by atoms with van der Waals surface area (Å²) in [6.07, 6.45) is 7.08. The molecule has 100 valence electrons. The number of nitrogens with zero attached hydrogens (tertiary/aromatic N) is 1. The van der Waals surface area contributed by atoms with E-state index in [1.165, 1.54) is 25.7 Å². The van der Waals surface area contributed by atoms with E-state index in [2.05, 4.69) is 25.8 Å². The fourth-order valence-corrected chi connectivity index (χ4v) is 3.40. The van der Waals surface area contributed by atoms with Crippen LogP contribution in [0.2, 0.25) is 0 Å². The molecule has 1 saturated carbocycles. The molecule has 3 heteroatoms. The van der Waals surface area contributed by atoms with Crippen LogP contribution in [0.15, 0.2) is 0 Å². The molecule has 0 N–H and O–H groups in total. The molecule has 1 aliphatic carbocycles. The average molecular weight is 241 g/mol. The van der Waals surface area contributed by atoms with Crippen molar-refractivity contribution >= 4 is 0 Å². The van der Waals surface area contributed by atoms with Gasteiger partial charge in [0.25, 0.3) is 0 Å². The van der Waals surface area contributed by atoms with E-state index in [1.54, 1.807) is 0 Å². The summed E-state index contributed by atoms with van der Waals surface area (Å²) >= 11 is 0. The van der Waals surface area contributed by atoms with E-state index in [0.29, 0.717) is 0 Å². The fraction of sp³-hybridized carbons (Fsp3) is 1.00. The van der Waals surface area contributed by atoms with Gasteiger partial charge in [-0.3, -0.25) is 0 Å². The first-order valence-corrected chi connectivity index (χ1v) is 7.20.